The Morgan fingerprint density at radius 2 is 2.00 bits per heavy atom. The van der Waals surface area contributed by atoms with E-state index in [1.54, 1.807) is 24.5 Å². The summed E-state index contributed by atoms with van der Waals surface area (Å²) >= 11 is 0. The van der Waals surface area contributed by atoms with Gasteiger partial charge in [0.2, 0.25) is 0 Å². The van der Waals surface area contributed by atoms with Gasteiger partial charge in [0.1, 0.15) is 5.75 Å². The standard InChI is InChI=1S/C11H9NO/c13-11-4-3-9-5-7-12-6-1-2-10(9)8-11/h1-8,13H/b2-1-,6-1?,7-5-,9-5?,10-2?,12-6-,12-7?. The molecule has 0 saturated carbocycles. The van der Waals surface area contributed by atoms with Crippen molar-refractivity contribution in [2.24, 2.45) is 4.99 Å². The lowest BCUT2D eigenvalue weighted by Gasteiger charge is -2.02. The molecule has 0 unspecified atom stereocenters. The van der Waals surface area contributed by atoms with E-state index in [0.29, 0.717) is 0 Å². The molecule has 1 aliphatic heterocycles. The van der Waals surface area contributed by atoms with Crippen molar-refractivity contribution in [1.29, 1.82) is 0 Å². The molecule has 2 nitrogen and oxygen atoms in total. The highest BCUT2D eigenvalue weighted by molar-refractivity contribution is 5.82. The first kappa shape index (κ1) is 7.80. The van der Waals surface area contributed by atoms with Crippen molar-refractivity contribution in [1.82, 2.24) is 0 Å². The number of hydrogen-bond donors (Lipinski definition) is 1. The molecule has 64 valence electrons. The highest BCUT2D eigenvalue weighted by Gasteiger charge is 1.97. The second kappa shape index (κ2) is 3.27. The average molecular weight is 171 g/mol. The van der Waals surface area contributed by atoms with E-state index < -0.39 is 0 Å². The van der Waals surface area contributed by atoms with E-state index in [2.05, 4.69) is 4.99 Å². The van der Waals surface area contributed by atoms with Gasteiger partial charge in [0, 0.05) is 12.4 Å². The van der Waals surface area contributed by atoms with Gasteiger partial charge in [-0.25, -0.2) is 0 Å². The van der Waals surface area contributed by atoms with Gasteiger partial charge in [-0.1, -0.05) is 12.1 Å². The predicted octanol–water partition coefficient (Wildman–Crippen LogP) is 2.46. The maximum atomic E-state index is 9.26. The molecule has 1 aliphatic rings. The molecule has 0 atom stereocenters. The summed E-state index contributed by atoms with van der Waals surface area (Å²) in [6, 6.07) is 5.27. The summed E-state index contributed by atoms with van der Waals surface area (Å²) in [6.45, 7) is 0. The summed E-state index contributed by atoms with van der Waals surface area (Å²) in [4.78, 5) is 4.00. The lowest BCUT2D eigenvalue weighted by atomic mass is 10.1. The van der Waals surface area contributed by atoms with E-state index in [-0.39, 0.29) is 5.75 Å². The van der Waals surface area contributed by atoms with Crippen molar-refractivity contribution >= 4 is 18.4 Å². The molecule has 0 aromatic heterocycles. The van der Waals surface area contributed by atoms with Gasteiger partial charge >= 0.3 is 0 Å². The first-order valence-electron chi connectivity index (χ1n) is 4.06. The van der Waals surface area contributed by atoms with Crippen LogP contribution < -0.4 is 0 Å². The second-order valence-electron chi connectivity index (χ2n) is 2.79. The smallest absolute Gasteiger partial charge is 0.116 e. The molecule has 0 spiro atoms. The molecule has 0 radical (unpaired) electrons. The van der Waals surface area contributed by atoms with Crippen LogP contribution in [0, 0.1) is 0 Å². The molecule has 1 aromatic carbocycles. The van der Waals surface area contributed by atoms with Crippen molar-refractivity contribution in [3.05, 3.63) is 41.6 Å². The van der Waals surface area contributed by atoms with Crippen molar-refractivity contribution in [2.45, 2.75) is 0 Å². The SMILES string of the molecule is Oc1ccc2c(c1)\C=C/C=N\C=C/2. The Hall–Kier alpha value is -1.83. The Labute approximate surface area is 76.6 Å². The van der Waals surface area contributed by atoms with E-state index in [0.717, 1.165) is 11.1 Å². The van der Waals surface area contributed by atoms with Crippen molar-refractivity contribution in [2.75, 3.05) is 0 Å². The lowest BCUT2D eigenvalue weighted by molar-refractivity contribution is 0.475. The molecule has 2 heteroatoms. The van der Waals surface area contributed by atoms with Gasteiger partial charge < -0.3 is 5.11 Å². The number of allylic oxidation sites excluding steroid dienone is 1. The second-order valence-corrected chi connectivity index (χ2v) is 2.79. The first-order chi connectivity index (χ1) is 6.36. The molecule has 1 aromatic rings. The van der Waals surface area contributed by atoms with Crippen LogP contribution in [0.4, 0.5) is 0 Å². The number of phenolic OH excluding ortho intramolecular Hbond substituents is 1. The third-order valence-corrected chi connectivity index (χ3v) is 1.86. The highest BCUT2D eigenvalue weighted by atomic mass is 16.3. The summed E-state index contributed by atoms with van der Waals surface area (Å²) in [5.41, 5.74) is 2.06. The summed E-state index contributed by atoms with van der Waals surface area (Å²) in [5, 5.41) is 9.26. The van der Waals surface area contributed by atoms with Gasteiger partial charge in [0.15, 0.2) is 0 Å². The number of fused-ring (bicyclic) bond motifs is 1. The van der Waals surface area contributed by atoms with Gasteiger partial charge in [0.05, 0.1) is 0 Å². The molecular weight excluding hydrogens is 162 g/mol. The van der Waals surface area contributed by atoms with Crippen molar-refractivity contribution in [3.8, 4) is 5.75 Å². The molecule has 13 heavy (non-hydrogen) atoms. The van der Waals surface area contributed by atoms with Crippen molar-refractivity contribution in [3.63, 3.8) is 0 Å². The molecule has 0 fully saturated rings. The van der Waals surface area contributed by atoms with Gasteiger partial charge in [-0.3, -0.25) is 4.99 Å². The maximum Gasteiger partial charge on any atom is 0.116 e. The van der Waals surface area contributed by atoms with Crippen LogP contribution in [0.25, 0.3) is 12.2 Å². The number of nitrogens with zero attached hydrogens (tertiary/aromatic N) is 1. The van der Waals surface area contributed by atoms with E-state index in [1.807, 2.05) is 24.3 Å². The third kappa shape index (κ3) is 1.67. The van der Waals surface area contributed by atoms with Gasteiger partial charge in [-0.15, -0.1) is 0 Å². The molecule has 1 heterocycles. The van der Waals surface area contributed by atoms with E-state index >= 15 is 0 Å². The third-order valence-electron chi connectivity index (χ3n) is 1.86. The summed E-state index contributed by atoms with van der Waals surface area (Å²) in [6.07, 6.45) is 9.13. The zero-order chi connectivity index (χ0) is 9.10. The molecule has 0 amide bonds. The predicted molar refractivity (Wildman–Crippen MR) is 54.7 cm³/mol. The number of aliphatic imine (C=N–C) groups is 1. The van der Waals surface area contributed by atoms with Gasteiger partial charge in [-0.05, 0) is 35.4 Å². The minimum atomic E-state index is 0.286. The first-order valence-corrected chi connectivity index (χ1v) is 4.06. The summed E-state index contributed by atoms with van der Waals surface area (Å²) in [7, 11) is 0. The van der Waals surface area contributed by atoms with Crippen LogP contribution in [0.1, 0.15) is 11.1 Å². The van der Waals surface area contributed by atoms with Crippen molar-refractivity contribution < 1.29 is 5.11 Å². The fraction of sp³-hybridized carbons (Fsp3) is 0. The normalized spacial score (nSPS) is 20.9. The van der Waals surface area contributed by atoms with E-state index in [4.69, 9.17) is 0 Å². The molecule has 1 N–H and O–H groups in total. The summed E-state index contributed by atoms with van der Waals surface area (Å²) < 4.78 is 0. The number of aromatic hydroxyl groups is 1. The van der Waals surface area contributed by atoms with Crippen LogP contribution in [0.3, 0.4) is 0 Å². The van der Waals surface area contributed by atoms with Crippen LogP contribution in [0.15, 0.2) is 35.5 Å². The highest BCUT2D eigenvalue weighted by Crippen LogP contribution is 2.19. The van der Waals surface area contributed by atoms with Crippen LogP contribution in [0.2, 0.25) is 0 Å². The topological polar surface area (TPSA) is 32.6 Å². The van der Waals surface area contributed by atoms with Crippen LogP contribution >= 0.6 is 0 Å². The van der Waals surface area contributed by atoms with E-state index in [9.17, 15) is 5.11 Å². The fourth-order valence-electron chi connectivity index (χ4n) is 1.23. The molecule has 2 rings (SSSR count). The van der Waals surface area contributed by atoms with Crippen LogP contribution in [-0.2, 0) is 0 Å². The van der Waals surface area contributed by atoms with Crippen LogP contribution in [-0.4, -0.2) is 11.3 Å². The van der Waals surface area contributed by atoms with E-state index in [1.165, 1.54) is 0 Å². The minimum Gasteiger partial charge on any atom is -0.508 e. The number of hydrogen-bond acceptors (Lipinski definition) is 2. The van der Waals surface area contributed by atoms with Gasteiger partial charge in [-0.2, -0.15) is 0 Å². The number of benzene rings is 1. The Morgan fingerprint density at radius 3 is 2.92 bits per heavy atom. The maximum absolute atomic E-state index is 9.26. The Bertz CT molecular complexity index is 403. The molecular formula is C11H9NO. The minimum absolute atomic E-state index is 0.286. The number of rotatable bonds is 0. The quantitative estimate of drug-likeness (QED) is 0.639. The van der Waals surface area contributed by atoms with Gasteiger partial charge in [0.25, 0.3) is 0 Å². The average Bonchev–Trinajstić information content (AvgIpc) is 2.08. The monoisotopic (exact) mass is 171 g/mol. The number of phenols is 1. The molecule has 0 aliphatic carbocycles. The fourth-order valence-corrected chi connectivity index (χ4v) is 1.23. The molecule has 0 saturated heterocycles. The Kier molecular flexibility index (Phi) is 1.96. The zero-order valence-electron chi connectivity index (χ0n) is 7.01. The molecule has 0 bridgehead atoms. The van der Waals surface area contributed by atoms with Crippen LogP contribution in [0.5, 0.6) is 5.75 Å². The largest absolute Gasteiger partial charge is 0.508 e. The summed E-state index contributed by atoms with van der Waals surface area (Å²) in [5.74, 6) is 0.286. The lowest BCUT2D eigenvalue weighted by Crippen LogP contribution is -1.82. The zero-order valence-corrected chi connectivity index (χ0v) is 7.01. The Balaban J connectivity index is 2.56. The Morgan fingerprint density at radius 1 is 1.08 bits per heavy atom.